The minimum Gasteiger partial charge on any atom is -0.443 e. The van der Waals surface area contributed by atoms with Gasteiger partial charge in [-0.05, 0) is 47.8 Å². The fourth-order valence-corrected chi connectivity index (χ4v) is 6.40. The van der Waals surface area contributed by atoms with Crippen molar-refractivity contribution in [1.82, 2.24) is 0 Å². The number of unbranched alkanes of at least 4 members (excludes halogenated alkanes) is 4. The second-order valence-electron chi connectivity index (χ2n) is 9.08. The predicted octanol–water partition coefficient (Wildman–Crippen LogP) is 6.15. The van der Waals surface area contributed by atoms with Crippen LogP contribution in [0, 0.1) is 15.9 Å². The van der Waals surface area contributed by atoms with Crippen LogP contribution < -0.4 is 14.7 Å². The van der Waals surface area contributed by atoms with E-state index in [0.717, 1.165) is 27.8 Å². The van der Waals surface area contributed by atoms with Gasteiger partial charge in [0.05, 0.1) is 27.8 Å². The van der Waals surface area contributed by atoms with Gasteiger partial charge < -0.3 is 14.5 Å². The molecule has 2 aromatic rings. The van der Waals surface area contributed by atoms with E-state index < -0.39 is 6.09 Å². The molecule has 1 aromatic carbocycles. The van der Waals surface area contributed by atoms with E-state index in [9.17, 15) is 14.9 Å². The molecule has 2 aliphatic heterocycles. The molecule has 0 unspecified atom stereocenters. The van der Waals surface area contributed by atoms with Gasteiger partial charge in [-0.25, -0.2) is 9.18 Å². The van der Waals surface area contributed by atoms with E-state index >= 15 is 4.39 Å². The number of carbonyl (C=O) groups is 1. The number of nitrogens with zero attached hydrogens (tertiary/aromatic N) is 4. The van der Waals surface area contributed by atoms with Gasteiger partial charge in [-0.2, -0.15) is 11.8 Å². The average molecular weight is 537 g/mol. The van der Waals surface area contributed by atoms with Crippen LogP contribution in [-0.4, -0.2) is 61.4 Å². The summed E-state index contributed by atoms with van der Waals surface area (Å²) in [7, 11) is 0. The summed E-state index contributed by atoms with van der Waals surface area (Å²) in [5.41, 5.74) is 1.01. The number of nitro groups is 1. The van der Waals surface area contributed by atoms with Crippen molar-refractivity contribution in [2.75, 3.05) is 58.9 Å². The largest absolute Gasteiger partial charge is 0.443 e. The van der Waals surface area contributed by atoms with Gasteiger partial charge >= 0.3 is 11.1 Å². The third kappa shape index (κ3) is 6.61. The molecule has 0 bridgehead atoms. The molecule has 11 heteroatoms. The highest BCUT2D eigenvalue weighted by atomic mass is 32.2. The topological polar surface area (TPSA) is 79.2 Å². The van der Waals surface area contributed by atoms with Crippen LogP contribution in [0.2, 0.25) is 0 Å². The number of thioether (sulfide) groups is 1. The van der Waals surface area contributed by atoms with Crippen LogP contribution in [0.15, 0.2) is 30.3 Å². The van der Waals surface area contributed by atoms with Crippen LogP contribution in [0.4, 0.5) is 30.6 Å². The molecule has 36 heavy (non-hydrogen) atoms. The van der Waals surface area contributed by atoms with Gasteiger partial charge in [0.2, 0.25) is 0 Å². The van der Waals surface area contributed by atoms with E-state index in [0.29, 0.717) is 44.1 Å². The molecular weight excluding hydrogens is 503 g/mol. The summed E-state index contributed by atoms with van der Waals surface area (Å²) in [5, 5.41) is 11.9. The smallest absolute Gasteiger partial charge is 0.414 e. The van der Waals surface area contributed by atoms with E-state index in [1.165, 1.54) is 49.1 Å². The quantitative estimate of drug-likeness (QED) is 0.183. The molecule has 0 spiro atoms. The van der Waals surface area contributed by atoms with Crippen molar-refractivity contribution < 1.29 is 18.8 Å². The van der Waals surface area contributed by atoms with E-state index in [-0.39, 0.29) is 21.8 Å². The summed E-state index contributed by atoms with van der Waals surface area (Å²) in [6.07, 6.45) is 5.63. The van der Waals surface area contributed by atoms with E-state index in [1.54, 1.807) is 18.2 Å². The third-order valence-corrected chi connectivity index (χ3v) is 8.79. The minimum atomic E-state index is -0.422. The lowest BCUT2D eigenvalue weighted by atomic mass is 10.2. The number of thiophene rings is 1. The summed E-state index contributed by atoms with van der Waals surface area (Å²) in [6, 6.07) is 8.20. The Kier molecular flexibility index (Phi) is 9.30. The molecule has 4 rings (SSSR count). The Morgan fingerprint density at radius 2 is 1.86 bits per heavy atom. The van der Waals surface area contributed by atoms with Crippen LogP contribution in [-0.2, 0) is 4.74 Å². The van der Waals surface area contributed by atoms with Crippen LogP contribution >= 0.6 is 23.1 Å². The second kappa shape index (κ2) is 12.6. The number of ether oxygens (including phenoxy) is 1. The summed E-state index contributed by atoms with van der Waals surface area (Å²) in [6.45, 7) is 5.15. The molecule has 8 nitrogen and oxygen atoms in total. The molecule has 0 aliphatic carbocycles. The van der Waals surface area contributed by atoms with Gasteiger partial charge in [0, 0.05) is 38.0 Å². The monoisotopic (exact) mass is 536 g/mol. The number of hydrogen-bond acceptors (Lipinski definition) is 8. The maximum atomic E-state index is 15.1. The summed E-state index contributed by atoms with van der Waals surface area (Å²) < 4.78 is 20.6. The normalized spacial score (nSPS) is 18.1. The summed E-state index contributed by atoms with van der Waals surface area (Å²) >= 11 is 2.97. The first-order chi connectivity index (χ1) is 17.5. The zero-order chi connectivity index (χ0) is 25.5. The highest BCUT2D eigenvalue weighted by Gasteiger charge is 2.33. The molecule has 1 amide bonds. The Morgan fingerprint density at radius 1 is 1.11 bits per heavy atom. The average Bonchev–Trinajstić information content (AvgIpc) is 3.51. The number of rotatable bonds is 12. The zero-order valence-corrected chi connectivity index (χ0v) is 22.2. The fourth-order valence-electron chi connectivity index (χ4n) is 4.52. The van der Waals surface area contributed by atoms with Crippen LogP contribution in [0.1, 0.15) is 39.0 Å². The van der Waals surface area contributed by atoms with Crippen LogP contribution in [0.3, 0.4) is 0 Å². The maximum Gasteiger partial charge on any atom is 0.414 e. The van der Waals surface area contributed by atoms with Gasteiger partial charge in [-0.15, -0.1) is 0 Å². The first-order valence-electron chi connectivity index (χ1n) is 12.6. The predicted molar refractivity (Wildman–Crippen MR) is 145 cm³/mol. The molecule has 1 atom stereocenters. The van der Waals surface area contributed by atoms with Crippen molar-refractivity contribution >= 4 is 50.6 Å². The molecule has 0 saturated carbocycles. The fraction of sp³-hybridized carbons (Fsp3) is 0.560. The Labute approximate surface area is 219 Å². The molecule has 3 heterocycles. The SMILES string of the molecule is CCCCCCCSC[C@H]1CN(c2ccc(N3CCN(c4ccc([N+](=O)[O-])s4)CC3)c(F)c2)C(=O)O1. The zero-order valence-electron chi connectivity index (χ0n) is 20.6. The highest BCUT2D eigenvalue weighted by Crippen LogP contribution is 2.33. The van der Waals surface area contributed by atoms with Crippen molar-refractivity contribution in [1.29, 1.82) is 0 Å². The molecule has 196 valence electrons. The molecule has 0 N–H and O–H groups in total. The summed E-state index contributed by atoms with van der Waals surface area (Å²) in [5.74, 6) is 1.46. The standard InChI is InChI=1S/C25H33FN4O4S2/c1-2-3-4-5-6-15-35-18-20-17-29(25(31)34-20)19-7-8-22(21(26)16-19)27-11-13-28(14-12-27)23-9-10-24(36-23)30(32)33/h7-10,16,20H,2-6,11-15,17-18H2,1H3/t20-/m1/s1. The van der Waals surface area contributed by atoms with Gasteiger partial charge in [-0.1, -0.05) is 32.6 Å². The first kappa shape index (κ1) is 26.5. The first-order valence-corrected chi connectivity index (χ1v) is 14.5. The Hall–Kier alpha value is -2.53. The van der Waals surface area contributed by atoms with Crippen molar-refractivity contribution in [3.05, 3.63) is 46.3 Å². The van der Waals surface area contributed by atoms with E-state index in [2.05, 4.69) is 11.8 Å². The summed E-state index contributed by atoms with van der Waals surface area (Å²) in [4.78, 5) is 28.6. The molecule has 2 fully saturated rings. The highest BCUT2D eigenvalue weighted by molar-refractivity contribution is 7.99. The van der Waals surface area contributed by atoms with Gasteiger partial charge in [0.15, 0.2) is 0 Å². The number of amides is 1. The van der Waals surface area contributed by atoms with Crippen molar-refractivity contribution in [2.45, 2.75) is 45.1 Å². The lowest BCUT2D eigenvalue weighted by Crippen LogP contribution is -2.46. The van der Waals surface area contributed by atoms with Crippen LogP contribution in [0.25, 0.3) is 0 Å². The van der Waals surface area contributed by atoms with Crippen LogP contribution in [0.5, 0.6) is 0 Å². The number of benzene rings is 1. The lowest BCUT2D eigenvalue weighted by Gasteiger charge is -2.36. The van der Waals surface area contributed by atoms with E-state index in [1.807, 2.05) is 16.7 Å². The molecule has 1 aromatic heterocycles. The Bertz CT molecular complexity index is 1040. The minimum absolute atomic E-state index is 0.123. The lowest BCUT2D eigenvalue weighted by molar-refractivity contribution is -0.380. The number of anilines is 3. The number of cyclic esters (lactones) is 1. The number of halogens is 1. The molecule has 2 saturated heterocycles. The van der Waals surface area contributed by atoms with Crippen molar-refractivity contribution in [3.8, 4) is 0 Å². The van der Waals surface area contributed by atoms with Crippen molar-refractivity contribution in [3.63, 3.8) is 0 Å². The maximum absolute atomic E-state index is 15.1. The molecular formula is C25H33FN4O4S2. The molecule has 0 radical (unpaired) electrons. The Morgan fingerprint density at radius 3 is 2.56 bits per heavy atom. The van der Waals surface area contributed by atoms with Gasteiger partial charge in [0.25, 0.3) is 0 Å². The number of piperazine rings is 1. The van der Waals surface area contributed by atoms with Crippen molar-refractivity contribution in [2.24, 2.45) is 0 Å². The van der Waals surface area contributed by atoms with Gasteiger partial charge in [0.1, 0.15) is 11.9 Å². The third-order valence-electron chi connectivity index (χ3n) is 6.50. The Balaban J connectivity index is 1.26. The second-order valence-corrected chi connectivity index (χ2v) is 11.3. The van der Waals surface area contributed by atoms with E-state index in [4.69, 9.17) is 4.74 Å². The number of hydrogen-bond donors (Lipinski definition) is 0. The molecule has 2 aliphatic rings. The number of carbonyl (C=O) groups excluding carboxylic acids is 1. The van der Waals surface area contributed by atoms with Gasteiger partial charge in [-0.3, -0.25) is 15.0 Å².